The quantitative estimate of drug-likeness (QED) is 0.203. The number of nitrogens with one attached hydrogen (secondary N) is 4. The number of hydrogen-bond acceptors (Lipinski definition) is 10. The molecule has 2 unspecified atom stereocenters. The second kappa shape index (κ2) is 13.1. The van der Waals surface area contributed by atoms with Crippen molar-refractivity contribution in [3.63, 3.8) is 0 Å². The Labute approximate surface area is 186 Å². The third-order valence-corrected chi connectivity index (χ3v) is 5.81. The van der Waals surface area contributed by atoms with Crippen molar-refractivity contribution in [3.8, 4) is 5.88 Å². The molecule has 0 radical (unpaired) electrons. The van der Waals surface area contributed by atoms with E-state index in [0.717, 1.165) is 13.0 Å². The van der Waals surface area contributed by atoms with Gasteiger partial charge < -0.3 is 19.7 Å². The minimum atomic E-state index is -3.77. The van der Waals surface area contributed by atoms with Crippen molar-refractivity contribution in [2.75, 3.05) is 32.0 Å². The minimum Gasteiger partial charge on any atom is -0.480 e. The SMILES string of the molecule is CCCCS(=O)(=O)NC(CNC(=O)c1cc(OCCCNC2N=CCCN2)no1)C(=O)O. The lowest BCUT2D eigenvalue weighted by Gasteiger charge is -2.18. The van der Waals surface area contributed by atoms with Gasteiger partial charge in [-0.2, -0.15) is 4.72 Å². The first kappa shape index (κ1) is 25.7. The van der Waals surface area contributed by atoms with Crippen LogP contribution in [0.15, 0.2) is 15.6 Å². The second-order valence-electron chi connectivity index (χ2n) is 7.05. The summed E-state index contributed by atoms with van der Waals surface area (Å²) in [5, 5.41) is 21.6. The Balaban J connectivity index is 1.73. The van der Waals surface area contributed by atoms with E-state index in [4.69, 9.17) is 9.26 Å². The molecule has 5 N–H and O–H groups in total. The third-order valence-electron chi connectivity index (χ3n) is 4.34. The molecule has 14 heteroatoms. The second-order valence-corrected chi connectivity index (χ2v) is 8.93. The predicted molar refractivity (Wildman–Crippen MR) is 115 cm³/mol. The molecule has 2 rings (SSSR count). The van der Waals surface area contributed by atoms with Crippen LogP contribution in [0.1, 0.15) is 43.2 Å². The summed E-state index contributed by atoms with van der Waals surface area (Å²) >= 11 is 0. The average molecular weight is 475 g/mol. The molecule has 1 aromatic rings. The number of rotatable bonds is 15. The normalized spacial score (nSPS) is 17.1. The Morgan fingerprint density at radius 1 is 1.41 bits per heavy atom. The van der Waals surface area contributed by atoms with E-state index in [1.807, 2.05) is 13.1 Å². The number of unbranched alkanes of at least 4 members (excludes halogenated alkanes) is 1. The maximum atomic E-state index is 12.2. The molecule has 2 heterocycles. The van der Waals surface area contributed by atoms with Crippen molar-refractivity contribution in [1.29, 1.82) is 0 Å². The van der Waals surface area contributed by atoms with Crippen molar-refractivity contribution in [2.24, 2.45) is 4.99 Å². The molecule has 0 bridgehead atoms. The van der Waals surface area contributed by atoms with Crippen LogP contribution in [0.25, 0.3) is 0 Å². The van der Waals surface area contributed by atoms with Gasteiger partial charge in [0, 0.05) is 25.8 Å². The highest BCUT2D eigenvalue weighted by molar-refractivity contribution is 7.89. The average Bonchev–Trinajstić information content (AvgIpc) is 3.24. The fourth-order valence-electron chi connectivity index (χ4n) is 2.64. The summed E-state index contributed by atoms with van der Waals surface area (Å²) in [6, 6.07) is -0.230. The number of sulfonamides is 1. The first-order valence-corrected chi connectivity index (χ1v) is 12.0. The first-order chi connectivity index (χ1) is 15.3. The number of nitrogens with zero attached hydrogens (tertiary/aromatic N) is 2. The Morgan fingerprint density at radius 3 is 2.91 bits per heavy atom. The number of carboxylic acids is 1. The van der Waals surface area contributed by atoms with Crippen LogP contribution in [0.2, 0.25) is 0 Å². The minimum absolute atomic E-state index is 0.100. The number of hydrogen-bond donors (Lipinski definition) is 5. The molecular formula is C18H30N6O7S. The van der Waals surface area contributed by atoms with Gasteiger partial charge in [0.15, 0.2) is 6.29 Å². The molecule has 13 nitrogen and oxygen atoms in total. The third kappa shape index (κ3) is 9.30. The van der Waals surface area contributed by atoms with E-state index in [0.29, 0.717) is 32.4 Å². The number of amides is 1. The Hall–Kier alpha value is -2.55. The molecule has 32 heavy (non-hydrogen) atoms. The van der Waals surface area contributed by atoms with Crippen LogP contribution in [-0.4, -0.2) is 81.1 Å². The lowest BCUT2D eigenvalue weighted by Crippen LogP contribution is -2.48. The molecule has 2 atom stereocenters. The molecular weight excluding hydrogens is 444 g/mol. The number of aliphatic imine (C=N–C) groups is 1. The zero-order valence-electron chi connectivity index (χ0n) is 17.9. The van der Waals surface area contributed by atoms with Gasteiger partial charge in [-0.1, -0.05) is 13.3 Å². The summed E-state index contributed by atoms with van der Waals surface area (Å²) in [6.45, 7) is 3.22. The molecule has 0 fully saturated rings. The smallest absolute Gasteiger partial charge is 0.323 e. The van der Waals surface area contributed by atoms with Gasteiger partial charge in [-0.3, -0.25) is 25.2 Å². The fraction of sp³-hybridized carbons (Fsp3) is 0.667. The fourth-order valence-corrected chi connectivity index (χ4v) is 4.04. The molecule has 0 saturated carbocycles. The van der Waals surface area contributed by atoms with Gasteiger partial charge in [-0.25, -0.2) is 8.42 Å². The number of aliphatic carboxylic acids is 1. The summed E-state index contributed by atoms with van der Waals surface area (Å²) in [6.07, 6.45) is 4.39. The van der Waals surface area contributed by atoms with Gasteiger partial charge in [0.25, 0.3) is 11.8 Å². The molecule has 1 aliphatic rings. The molecule has 0 aromatic carbocycles. The topological polar surface area (TPSA) is 184 Å². The van der Waals surface area contributed by atoms with E-state index in [1.165, 1.54) is 6.07 Å². The summed E-state index contributed by atoms with van der Waals surface area (Å²) in [5.74, 6) is -2.41. The summed E-state index contributed by atoms with van der Waals surface area (Å²) in [7, 11) is -3.77. The van der Waals surface area contributed by atoms with Crippen molar-refractivity contribution in [1.82, 2.24) is 25.8 Å². The van der Waals surface area contributed by atoms with E-state index in [2.05, 4.69) is 30.8 Å². The van der Waals surface area contributed by atoms with Crippen molar-refractivity contribution >= 4 is 28.1 Å². The summed E-state index contributed by atoms with van der Waals surface area (Å²) in [5.41, 5.74) is 0. The van der Waals surface area contributed by atoms with Crippen LogP contribution < -0.4 is 25.4 Å². The van der Waals surface area contributed by atoms with Crippen LogP contribution in [0.4, 0.5) is 0 Å². The van der Waals surface area contributed by atoms with Crippen molar-refractivity contribution < 1.29 is 32.4 Å². The number of ether oxygens (including phenoxy) is 1. The van der Waals surface area contributed by atoms with Crippen molar-refractivity contribution in [3.05, 3.63) is 11.8 Å². The molecule has 0 spiro atoms. The van der Waals surface area contributed by atoms with Crippen LogP contribution in [0.3, 0.4) is 0 Å². The maximum absolute atomic E-state index is 12.2. The van der Waals surface area contributed by atoms with E-state index in [9.17, 15) is 23.1 Å². The number of carboxylic acid groups (broad SMARTS) is 1. The number of carbonyl (C=O) groups excluding carboxylic acids is 1. The molecule has 0 saturated heterocycles. The van der Waals surface area contributed by atoms with E-state index < -0.39 is 34.5 Å². The van der Waals surface area contributed by atoms with E-state index >= 15 is 0 Å². The van der Waals surface area contributed by atoms with E-state index in [-0.39, 0.29) is 23.7 Å². The molecule has 1 aliphatic heterocycles. The zero-order valence-corrected chi connectivity index (χ0v) is 18.7. The van der Waals surface area contributed by atoms with Crippen molar-refractivity contribution in [2.45, 2.75) is 44.9 Å². The molecule has 180 valence electrons. The first-order valence-electron chi connectivity index (χ1n) is 10.4. The van der Waals surface area contributed by atoms with Gasteiger partial charge in [0.1, 0.15) is 6.04 Å². The molecule has 1 amide bonds. The number of aromatic nitrogens is 1. The highest BCUT2D eigenvalue weighted by Crippen LogP contribution is 2.11. The van der Waals surface area contributed by atoms with Crippen LogP contribution in [0.5, 0.6) is 5.88 Å². The lowest BCUT2D eigenvalue weighted by atomic mass is 10.3. The van der Waals surface area contributed by atoms with Crippen LogP contribution >= 0.6 is 0 Å². The summed E-state index contributed by atoms with van der Waals surface area (Å²) in [4.78, 5) is 27.7. The Morgan fingerprint density at radius 2 is 2.22 bits per heavy atom. The lowest BCUT2D eigenvalue weighted by molar-refractivity contribution is -0.138. The zero-order chi connectivity index (χ0) is 23.4. The van der Waals surface area contributed by atoms with Crippen LogP contribution in [0, 0.1) is 0 Å². The molecule has 1 aromatic heterocycles. The predicted octanol–water partition coefficient (Wildman–Crippen LogP) is -0.717. The van der Waals surface area contributed by atoms with Gasteiger partial charge in [-0.15, -0.1) is 0 Å². The van der Waals surface area contributed by atoms with Crippen LogP contribution in [-0.2, 0) is 14.8 Å². The van der Waals surface area contributed by atoms with Gasteiger partial charge in [-0.05, 0) is 24.4 Å². The number of carbonyl (C=O) groups is 2. The molecule has 0 aliphatic carbocycles. The van der Waals surface area contributed by atoms with Gasteiger partial charge in [0.2, 0.25) is 15.8 Å². The largest absolute Gasteiger partial charge is 0.480 e. The Kier molecular flexibility index (Phi) is 10.5. The van der Waals surface area contributed by atoms with Gasteiger partial charge >= 0.3 is 5.97 Å². The monoisotopic (exact) mass is 474 g/mol. The highest BCUT2D eigenvalue weighted by atomic mass is 32.2. The standard InChI is InChI=1S/C18H30N6O7S/c1-2-3-10-32(28,29)24-13(17(26)27)12-22-16(25)14-11-15(23-31-14)30-9-5-8-21-18-19-6-4-7-20-18/h6,11,13,18,20-21,24H,2-5,7-10,12H2,1H3,(H,22,25)(H,26,27). The van der Waals surface area contributed by atoms with Gasteiger partial charge in [0.05, 0.1) is 18.4 Å². The van der Waals surface area contributed by atoms with E-state index in [1.54, 1.807) is 0 Å². The summed E-state index contributed by atoms with van der Waals surface area (Å²) < 4.78 is 36.2. The Bertz CT molecular complexity index is 873. The highest BCUT2D eigenvalue weighted by Gasteiger charge is 2.25. The maximum Gasteiger partial charge on any atom is 0.323 e.